The molecule has 106 valence electrons. The predicted octanol–water partition coefficient (Wildman–Crippen LogP) is 4.45. The van der Waals surface area contributed by atoms with Crippen molar-refractivity contribution in [3.8, 4) is 0 Å². The van der Waals surface area contributed by atoms with Gasteiger partial charge in [0.15, 0.2) is 0 Å². The number of rotatable bonds is 4. The fourth-order valence-electron chi connectivity index (χ4n) is 2.42. The second-order valence-corrected chi connectivity index (χ2v) is 5.34. The molecule has 0 spiro atoms. The van der Waals surface area contributed by atoms with E-state index in [1.807, 2.05) is 19.1 Å². The van der Waals surface area contributed by atoms with Crippen LogP contribution in [-0.4, -0.2) is 6.54 Å². The third-order valence-electron chi connectivity index (χ3n) is 3.79. The second-order valence-electron chi connectivity index (χ2n) is 5.34. The van der Waals surface area contributed by atoms with E-state index in [0.29, 0.717) is 5.56 Å². The Kier molecular flexibility index (Phi) is 4.56. The highest BCUT2D eigenvalue weighted by atomic mass is 19.1. The molecular weight excluding hydrogens is 249 g/mol. The average molecular weight is 271 g/mol. The molecule has 2 aromatic carbocycles. The minimum absolute atomic E-state index is 0.110. The molecule has 1 unspecified atom stereocenters. The smallest absolute Gasteiger partial charge is 0.126 e. The van der Waals surface area contributed by atoms with Crippen molar-refractivity contribution in [2.24, 2.45) is 0 Å². The first kappa shape index (κ1) is 14.7. The molecule has 0 amide bonds. The van der Waals surface area contributed by atoms with E-state index in [-0.39, 0.29) is 11.9 Å². The van der Waals surface area contributed by atoms with Gasteiger partial charge >= 0.3 is 0 Å². The topological polar surface area (TPSA) is 12.0 Å². The average Bonchev–Trinajstić information content (AvgIpc) is 2.43. The Balaban J connectivity index is 2.44. The number of aryl methyl sites for hydroxylation is 3. The standard InChI is InChI=1S/C18H22FN/c1-5-20-18(15-7-6-12(2)13(3)10-15)16-8-9-17(19)14(4)11-16/h6-11,18,20H,5H2,1-4H3. The Bertz CT molecular complexity index is 553. The summed E-state index contributed by atoms with van der Waals surface area (Å²) < 4.78 is 13.4. The lowest BCUT2D eigenvalue weighted by atomic mass is 9.94. The van der Waals surface area contributed by atoms with Crippen LogP contribution in [0.2, 0.25) is 0 Å². The summed E-state index contributed by atoms with van der Waals surface area (Å²) in [7, 11) is 0. The van der Waals surface area contributed by atoms with Gasteiger partial charge in [0.2, 0.25) is 0 Å². The van der Waals surface area contributed by atoms with Gasteiger partial charge in [-0.2, -0.15) is 0 Å². The van der Waals surface area contributed by atoms with Crippen LogP contribution >= 0.6 is 0 Å². The van der Waals surface area contributed by atoms with Crippen LogP contribution in [-0.2, 0) is 0 Å². The van der Waals surface area contributed by atoms with Gasteiger partial charge in [-0.1, -0.05) is 37.3 Å². The van der Waals surface area contributed by atoms with Crippen LogP contribution in [0.15, 0.2) is 36.4 Å². The molecule has 2 aromatic rings. The minimum Gasteiger partial charge on any atom is -0.307 e. The summed E-state index contributed by atoms with van der Waals surface area (Å²) >= 11 is 0. The van der Waals surface area contributed by atoms with Crippen LogP contribution in [0.5, 0.6) is 0 Å². The summed E-state index contributed by atoms with van der Waals surface area (Å²) in [6.45, 7) is 9.00. The lowest BCUT2D eigenvalue weighted by molar-refractivity contribution is 0.606. The van der Waals surface area contributed by atoms with Crippen molar-refractivity contribution >= 4 is 0 Å². The molecule has 0 saturated heterocycles. The first-order valence-electron chi connectivity index (χ1n) is 7.09. The number of benzene rings is 2. The van der Waals surface area contributed by atoms with Crippen LogP contribution < -0.4 is 5.32 Å². The third-order valence-corrected chi connectivity index (χ3v) is 3.79. The zero-order chi connectivity index (χ0) is 14.7. The molecule has 0 aliphatic carbocycles. The first-order valence-corrected chi connectivity index (χ1v) is 7.09. The SMILES string of the molecule is CCNC(c1ccc(C)c(C)c1)c1ccc(F)c(C)c1. The summed E-state index contributed by atoms with van der Waals surface area (Å²) in [5, 5.41) is 3.49. The number of nitrogens with one attached hydrogen (secondary N) is 1. The summed E-state index contributed by atoms with van der Waals surface area (Å²) in [5.41, 5.74) is 5.59. The zero-order valence-electron chi connectivity index (χ0n) is 12.6. The van der Waals surface area contributed by atoms with Crippen molar-refractivity contribution in [3.63, 3.8) is 0 Å². The molecule has 2 heteroatoms. The molecule has 0 aliphatic rings. The van der Waals surface area contributed by atoms with E-state index in [2.05, 4.69) is 44.3 Å². The number of halogens is 1. The van der Waals surface area contributed by atoms with Crippen LogP contribution in [0.3, 0.4) is 0 Å². The Morgan fingerprint density at radius 1 is 0.900 bits per heavy atom. The summed E-state index contributed by atoms with van der Waals surface area (Å²) in [6.07, 6.45) is 0. The highest BCUT2D eigenvalue weighted by molar-refractivity contribution is 5.38. The highest BCUT2D eigenvalue weighted by Crippen LogP contribution is 2.25. The van der Waals surface area contributed by atoms with E-state index < -0.39 is 0 Å². The third kappa shape index (κ3) is 3.07. The van der Waals surface area contributed by atoms with E-state index in [0.717, 1.165) is 12.1 Å². The maximum atomic E-state index is 13.4. The van der Waals surface area contributed by atoms with Gasteiger partial charge in [0.1, 0.15) is 5.82 Å². The van der Waals surface area contributed by atoms with Crippen LogP contribution in [0.1, 0.15) is 40.8 Å². The maximum Gasteiger partial charge on any atom is 0.126 e. The van der Waals surface area contributed by atoms with Gasteiger partial charge in [-0.15, -0.1) is 0 Å². The summed E-state index contributed by atoms with van der Waals surface area (Å²) in [6, 6.07) is 12.0. The Morgan fingerprint density at radius 2 is 1.50 bits per heavy atom. The minimum atomic E-state index is -0.149. The molecule has 1 N–H and O–H groups in total. The number of hydrogen-bond donors (Lipinski definition) is 1. The van der Waals surface area contributed by atoms with Gasteiger partial charge in [-0.25, -0.2) is 4.39 Å². The maximum absolute atomic E-state index is 13.4. The molecule has 1 nitrogen and oxygen atoms in total. The molecule has 0 radical (unpaired) electrons. The monoisotopic (exact) mass is 271 g/mol. The van der Waals surface area contributed by atoms with Crippen molar-refractivity contribution in [1.82, 2.24) is 5.32 Å². The largest absolute Gasteiger partial charge is 0.307 e. The molecule has 2 rings (SSSR count). The van der Waals surface area contributed by atoms with Gasteiger partial charge in [0.25, 0.3) is 0 Å². The van der Waals surface area contributed by atoms with Crippen LogP contribution in [0, 0.1) is 26.6 Å². The van der Waals surface area contributed by atoms with E-state index in [9.17, 15) is 4.39 Å². The van der Waals surface area contributed by atoms with Gasteiger partial charge < -0.3 is 5.32 Å². The molecule has 20 heavy (non-hydrogen) atoms. The van der Waals surface area contributed by atoms with Crippen molar-refractivity contribution in [2.75, 3.05) is 6.54 Å². The first-order chi connectivity index (χ1) is 9.52. The lowest BCUT2D eigenvalue weighted by Crippen LogP contribution is -2.22. The Hall–Kier alpha value is -1.67. The van der Waals surface area contributed by atoms with Gasteiger partial charge in [-0.3, -0.25) is 0 Å². The second kappa shape index (κ2) is 6.19. The molecule has 1 atom stereocenters. The van der Waals surface area contributed by atoms with Crippen molar-refractivity contribution in [1.29, 1.82) is 0 Å². The van der Waals surface area contributed by atoms with E-state index in [1.54, 1.807) is 6.07 Å². The van der Waals surface area contributed by atoms with Crippen molar-refractivity contribution in [2.45, 2.75) is 33.7 Å². The predicted molar refractivity (Wildman–Crippen MR) is 82.6 cm³/mol. The van der Waals surface area contributed by atoms with E-state index in [4.69, 9.17) is 0 Å². The fourth-order valence-corrected chi connectivity index (χ4v) is 2.42. The van der Waals surface area contributed by atoms with E-state index in [1.165, 1.54) is 16.7 Å². The zero-order valence-corrected chi connectivity index (χ0v) is 12.6. The molecule has 0 saturated carbocycles. The molecule has 0 bridgehead atoms. The van der Waals surface area contributed by atoms with Crippen LogP contribution in [0.4, 0.5) is 4.39 Å². The van der Waals surface area contributed by atoms with Gasteiger partial charge in [0.05, 0.1) is 6.04 Å². The van der Waals surface area contributed by atoms with E-state index >= 15 is 0 Å². The highest BCUT2D eigenvalue weighted by Gasteiger charge is 2.14. The Labute approximate surface area is 120 Å². The normalized spacial score (nSPS) is 12.4. The molecule has 0 fully saturated rings. The fraction of sp³-hybridized carbons (Fsp3) is 0.333. The molecular formula is C18H22FN. The summed E-state index contributed by atoms with van der Waals surface area (Å²) in [5.74, 6) is -0.149. The Morgan fingerprint density at radius 3 is 2.05 bits per heavy atom. The van der Waals surface area contributed by atoms with Gasteiger partial charge in [0, 0.05) is 0 Å². The molecule has 0 aliphatic heterocycles. The quantitative estimate of drug-likeness (QED) is 0.866. The lowest BCUT2D eigenvalue weighted by Gasteiger charge is -2.20. The van der Waals surface area contributed by atoms with Crippen molar-refractivity contribution < 1.29 is 4.39 Å². The number of hydrogen-bond acceptors (Lipinski definition) is 1. The van der Waals surface area contributed by atoms with Gasteiger partial charge in [-0.05, 0) is 61.2 Å². The molecule has 0 heterocycles. The van der Waals surface area contributed by atoms with Crippen LogP contribution in [0.25, 0.3) is 0 Å². The summed E-state index contributed by atoms with van der Waals surface area (Å²) in [4.78, 5) is 0. The molecule has 0 aromatic heterocycles. The van der Waals surface area contributed by atoms with Crippen molar-refractivity contribution in [3.05, 3.63) is 70.0 Å².